The van der Waals surface area contributed by atoms with Crippen LogP contribution in [0, 0.1) is 0 Å². The molecule has 0 rings (SSSR count). The summed E-state index contributed by atoms with van der Waals surface area (Å²) in [6.45, 7) is 7.13. The molecule has 0 spiro atoms. The molecule has 0 bridgehead atoms. The quantitative estimate of drug-likeness (QED) is 0.223. The number of carbonyl (C=O) groups is 1. The fourth-order valence-electron chi connectivity index (χ4n) is 2.42. The van der Waals surface area contributed by atoms with Crippen molar-refractivity contribution in [3.63, 3.8) is 0 Å². The minimum atomic E-state index is -0.329. The molecule has 1 N–H and O–H groups in total. The highest BCUT2D eigenvalue weighted by Crippen LogP contribution is 2.12. The number of unbranched alkanes of at least 4 members (excludes halogenated alkanes) is 13. The van der Waals surface area contributed by atoms with E-state index in [9.17, 15) is 4.79 Å². The molecule has 0 aromatic rings. The van der Waals surface area contributed by atoms with Crippen LogP contribution in [0.15, 0.2) is 12.8 Å². The molecule has 0 aromatic carbocycles. The molecule has 0 heterocycles. The summed E-state index contributed by atoms with van der Waals surface area (Å²) in [4.78, 5) is 9.75. The summed E-state index contributed by atoms with van der Waals surface area (Å²) in [6.07, 6.45) is 20.3. The van der Waals surface area contributed by atoms with Crippen LogP contribution in [0.5, 0.6) is 0 Å². The van der Waals surface area contributed by atoms with Crippen molar-refractivity contribution in [3.8, 4) is 0 Å². The van der Waals surface area contributed by atoms with Crippen LogP contribution in [-0.2, 0) is 9.53 Å². The van der Waals surface area contributed by atoms with Gasteiger partial charge in [-0.2, -0.15) is 0 Å². The molecule has 23 heavy (non-hydrogen) atoms. The summed E-state index contributed by atoms with van der Waals surface area (Å²) in [7, 11) is 0. The van der Waals surface area contributed by atoms with E-state index in [4.69, 9.17) is 5.11 Å². The summed E-state index contributed by atoms with van der Waals surface area (Å²) in [6, 6.07) is 0. The number of hydrogen-bond acceptors (Lipinski definition) is 3. The van der Waals surface area contributed by atoms with Crippen LogP contribution in [0.2, 0.25) is 0 Å². The van der Waals surface area contributed by atoms with E-state index in [0.29, 0.717) is 6.61 Å². The first-order valence-corrected chi connectivity index (χ1v) is 9.58. The van der Waals surface area contributed by atoms with Gasteiger partial charge in [-0.25, -0.2) is 0 Å². The molecule has 0 aliphatic carbocycles. The molecule has 0 amide bonds. The Morgan fingerprint density at radius 2 is 1.17 bits per heavy atom. The van der Waals surface area contributed by atoms with Crippen LogP contribution in [0.25, 0.3) is 0 Å². The first kappa shape index (κ1) is 24.4. The Hall–Kier alpha value is -0.830. The lowest BCUT2D eigenvalue weighted by Crippen LogP contribution is -1.87. The van der Waals surface area contributed by atoms with Gasteiger partial charge in [-0.1, -0.05) is 97.0 Å². The summed E-state index contributed by atoms with van der Waals surface area (Å²) < 4.78 is 4.17. The fraction of sp³-hybridized carbons (Fsp3) is 0.850. The van der Waals surface area contributed by atoms with E-state index in [0.717, 1.165) is 12.7 Å². The maximum Gasteiger partial charge on any atom is 0.307 e. The zero-order chi connectivity index (χ0) is 17.6. The predicted molar refractivity (Wildman–Crippen MR) is 99.4 cm³/mol. The zero-order valence-corrected chi connectivity index (χ0v) is 15.7. The van der Waals surface area contributed by atoms with Crippen LogP contribution in [0.1, 0.15) is 104 Å². The van der Waals surface area contributed by atoms with Gasteiger partial charge in [-0.05, 0) is 6.42 Å². The van der Waals surface area contributed by atoms with Gasteiger partial charge in [0, 0.05) is 13.5 Å². The maximum atomic E-state index is 9.75. The standard InChI is InChI=1S/C16H34O.C4H6O2/c1-2-3-4-5-6-7-8-9-10-11-12-13-14-15-16-17;1-3-6-4(2)5/h17H,2-16H2,1H3;3H,1H2,2H3. The number of esters is 1. The van der Waals surface area contributed by atoms with Crippen molar-refractivity contribution in [2.24, 2.45) is 0 Å². The average Bonchev–Trinajstić information content (AvgIpc) is 2.52. The summed E-state index contributed by atoms with van der Waals surface area (Å²) in [5.41, 5.74) is 0. The predicted octanol–water partition coefficient (Wildman–Crippen LogP) is 6.15. The number of aliphatic hydroxyl groups is 1. The molecule has 0 aliphatic heterocycles. The van der Waals surface area contributed by atoms with Crippen molar-refractivity contribution in [2.75, 3.05) is 6.61 Å². The monoisotopic (exact) mass is 328 g/mol. The Kier molecular flexibility index (Phi) is 24.9. The highest BCUT2D eigenvalue weighted by Gasteiger charge is 1.93. The molecule has 138 valence electrons. The normalized spacial score (nSPS) is 9.87. The van der Waals surface area contributed by atoms with Gasteiger partial charge in [-0.3, -0.25) is 4.79 Å². The summed E-state index contributed by atoms with van der Waals surface area (Å²) in [5, 5.41) is 8.64. The molecule has 0 saturated heterocycles. The Balaban J connectivity index is 0. The Labute approximate surface area is 144 Å². The molecule has 0 radical (unpaired) electrons. The first-order valence-electron chi connectivity index (χ1n) is 9.58. The van der Waals surface area contributed by atoms with E-state index >= 15 is 0 Å². The van der Waals surface area contributed by atoms with Crippen molar-refractivity contribution in [2.45, 2.75) is 104 Å². The van der Waals surface area contributed by atoms with Gasteiger partial charge in [-0.15, -0.1) is 0 Å². The lowest BCUT2D eigenvalue weighted by atomic mass is 10.0. The highest BCUT2D eigenvalue weighted by molar-refractivity contribution is 5.66. The number of aliphatic hydroxyl groups excluding tert-OH is 1. The molecule has 0 fully saturated rings. The Morgan fingerprint density at radius 3 is 1.39 bits per heavy atom. The topological polar surface area (TPSA) is 46.5 Å². The third-order valence-electron chi connectivity index (χ3n) is 3.76. The zero-order valence-electron chi connectivity index (χ0n) is 15.7. The summed E-state index contributed by atoms with van der Waals surface area (Å²) in [5.74, 6) is -0.329. The van der Waals surface area contributed by atoms with E-state index in [1.54, 1.807) is 0 Å². The molecule has 0 aromatic heterocycles. The molecular formula is C20H40O3. The molecule has 0 saturated carbocycles. The second-order valence-corrected chi connectivity index (χ2v) is 6.10. The second-order valence-electron chi connectivity index (χ2n) is 6.10. The minimum Gasteiger partial charge on any atom is -0.435 e. The fourth-order valence-corrected chi connectivity index (χ4v) is 2.42. The van der Waals surface area contributed by atoms with Crippen LogP contribution >= 0.6 is 0 Å². The number of hydrogen-bond donors (Lipinski definition) is 1. The number of carbonyl (C=O) groups excluding carboxylic acids is 1. The molecular weight excluding hydrogens is 288 g/mol. The van der Waals surface area contributed by atoms with Crippen molar-refractivity contribution < 1.29 is 14.6 Å². The average molecular weight is 329 g/mol. The van der Waals surface area contributed by atoms with E-state index in [1.807, 2.05) is 0 Å². The number of rotatable bonds is 15. The molecule has 0 aliphatic rings. The largest absolute Gasteiger partial charge is 0.435 e. The van der Waals surface area contributed by atoms with Crippen molar-refractivity contribution in [1.29, 1.82) is 0 Å². The van der Waals surface area contributed by atoms with E-state index < -0.39 is 0 Å². The van der Waals surface area contributed by atoms with Crippen LogP contribution in [0.3, 0.4) is 0 Å². The van der Waals surface area contributed by atoms with E-state index in [2.05, 4.69) is 18.2 Å². The van der Waals surface area contributed by atoms with Gasteiger partial charge >= 0.3 is 5.97 Å². The lowest BCUT2D eigenvalue weighted by Gasteiger charge is -2.02. The van der Waals surface area contributed by atoms with Gasteiger partial charge in [0.05, 0.1) is 6.26 Å². The molecule has 0 unspecified atom stereocenters. The van der Waals surface area contributed by atoms with Crippen LogP contribution in [-0.4, -0.2) is 17.7 Å². The van der Waals surface area contributed by atoms with Gasteiger partial charge in [0.25, 0.3) is 0 Å². The number of ether oxygens (including phenoxy) is 1. The van der Waals surface area contributed by atoms with E-state index in [-0.39, 0.29) is 5.97 Å². The van der Waals surface area contributed by atoms with Crippen molar-refractivity contribution in [1.82, 2.24) is 0 Å². The first-order chi connectivity index (χ1) is 11.2. The van der Waals surface area contributed by atoms with Gasteiger partial charge in [0.1, 0.15) is 0 Å². The SMILES string of the molecule is C=COC(C)=O.CCCCCCCCCCCCCCCCO. The smallest absolute Gasteiger partial charge is 0.307 e. The second kappa shape index (κ2) is 23.4. The highest BCUT2D eigenvalue weighted by atomic mass is 16.5. The van der Waals surface area contributed by atoms with Crippen LogP contribution in [0.4, 0.5) is 0 Å². The van der Waals surface area contributed by atoms with Gasteiger partial charge < -0.3 is 9.84 Å². The Morgan fingerprint density at radius 1 is 0.826 bits per heavy atom. The molecule has 0 atom stereocenters. The third kappa shape index (κ3) is 29.8. The maximum absolute atomic E-state index is 9.75. The van der Waals surface area contributed by atoms with Gasteiger partial charge in [0.15, 0.2) is 0 Å². The molecule has 3 nitrogen and oxygen atoms in total. The van der Waals surface area contributed by atoms with Crippen molar-refractivity contribution in [3.05, 3.63) is 12.8 Å². The lowest BCUT2D eigenvalue weighted by molar-refractivity contribution is -0.135. The van der Waals surface area contributed by atoms with Crippen molar-refractivity contribution >= 4 is 5.97 Å². The van der Waals surface area contributed by atoms with Gasteiger partial charge in [0.2, 0.25) is 0 Å². The van der Waals surface area contributed by atoms with Crippen LogP contribution < -0.4 is 0 Å². The molecule has 3 heteroatoms. The minimum absolute atomic E-state index is 0.329. The summed E-state index contributed by atoms with van der Waals surface area (Å²) >= 11 is 0. The Bertz CT molecular complexity index is 225. The van der Waals surface area contributed by atoms with E-state index in [1.165, 1.54) is 90.4 Å². The third-order valence-corrected chi connectivity index (χ3v) is 3.76.